The number of nitrogens with one attached hydrogen (secondary N) is 1. The number of hydrogen-bond donors (Lipinski definition) is 1. The third-order valence-corrected chi connectivity index (χ3v) is 5.07. The van der Waals surface area contributed by atoms with Crippen molar-refractivity contribution in [3.8, 4) is 11.6 Å². The molecule has 0 spiro atoms. The highest BCUT2D eigenvalue weighted by molar-refractivity contribution is 9.10. The van der Waals surface area contributed by atoms with Gasteiger partial charge in [0.2, 0.25) is 15.9 Å². The maximum atomic E-state index is 11.7. The summed E-state index contributed by atoms with van der Waals surface area (Å²) >= 11 is 3.28. The molecule has 0 aliphatic carbocycles. The van der Waals surface area contributed by atoms with E-state index in [0.717, 1.165) is 0 Å². The summed E-state index contributed by atoms with van der Waals surface area (Å²) in [6, 6.07) is 9.17. The molecule has 0 fully saturated rings. The summed E-state index contributed by atoms with van der Waals surface area (Å²) in [5.74, 6) is 1.40. The molecule has 0 amide bonds. The van der Waals surface area contributed by atoms with Crippen molar-refractivity contribution in [2.45, 2.75) is 24.7 Å². The van der Waals surface area contributed by atoms with Crippen molar-refractivity contribution in [3.63, 3.8) is 0 Å². The molecule has 0 radical (unpaired) electrons. The lowest BCUT2D eigenvalue weighted by Gasteiger charge is -2.10. The Bertz CT molecular complexity index is 759. The van der Waals surface area contributed by atoms with Gasteiger partial charge in [0.05, 0.1) is 10.7 Å². The summed E-state index contributed by atoms with van der Waals surface area (Å²) in [7, 11) is -2.17. The highest BCUT2D eigenvalue weighted by Crippen LogP contribution is 2.29. The Hall–Kier alpha value is -1.44. The van der Waals surface area contributed by atoms with Gasteiger partial charge in [-0.05, 0) is 52.7 Å². The molecule has 1 aromatic carbocycles. The number of pyridine rings is 1. The minimum absolute atomic E-state index is 0.0735. The molecule has 2 aromatic rings. The van der Waals surface area contributed by atoms with Gasteiger partial charge in [0.1, 0.15) is 10.6 Å². The number of rotatable bonds is 5. The highest BCUT2D eigenvalue weighted by atomic mass is 79.9. The number of sulfonamides is 1. The molecule has 22 heavy (non-hydrogen) atoms. The van der Waals surface area contributed by atoms with Crippen LogP contribution in [0.3, 0.4) is 0 Å². The lowest BCUT2D eigenvalue weighted by Crippen LogP contribution is -2.18. The smallest absolute Gasteiger partial charge is 0.241 e. The second-order valence-electron chi connectivity index (χ2n) is 4.99. The second kappa shape index (κ2) is 6.76. The van der Waals surface area contributed by atoms with Crippen molar-refractivity contribution < 1.29 is 13.2 Å². The Balaban J connectivity index is 2.23. The first kappa shape index (κ1) is 16.9. The topological polar surface area (TPSA) is 68.3 Å². The van der Waals surface area contributed by atoms with Gasteiger partial charge in [0.15, 0.2) is 0 Å². The fraction of sp³-hybridized carbons (Fsp3) is 0.267. The van der Waals surface area contributed by atoms with Crippen LogP contribution in [-0.2, 0) is 10.0 Å². The third-order valence-electron chi connectivity index (χ3n) is 3.12. The monoisotopic (exact) mass is 384 g/mol. The quantitative estimate of drug-likeness (QED) is 0.853. The van der Waals surface area contributed by atoms with E-state index < -0.39 is 10.0 Å². The van der Waals surface area contributed by atoms with E-state index in [1.807, 2.05) is 24.3 Å². The Morgan fingerprint density at radius 2 is 1.86 bits per heavy atom. The molecule has 1 N–H and O–H groups in total. The van der Waals surface area contributed by atoms with Gasteiger partial charge in [-0.3, -0.25) is 0 Å². The Labute approximate surface area is 138 Å². The molecule has 0 saturated carbocycles. The SMILES string of the molecule is CNS(=O)(=O)c1cnc(Oc2ccc(C(C)C)cc2)c(Br)c1. The number of hydrogen-bond acceptors (Lipinski definition) is 4. The van der Waals surface area contributed by atoms with Crippen LogP contribution in [0, 0.1) is 0 Å². The van der Waals surface area contributed by atoms with Gasteiger partial charge in [-0.25, -0.2) is 18.1 Å². The summed E-state index contributed by atoms with van der Waals surface area (Å²) < 4.78 is 31.8. The van der Waals surface area contributed by atoms with E-state index in [-0.39, 0.29) is 4.90 Å². The maximum absolute atomic E-state index is 11.7. The zero-order chi connectivity index (χ0) is 16.3. The standard InChI is InChI=1S/C15H17BrN2O3S/c1-10(2)11-4-6-12(7-5-11)21-15-14(16)8-13(9-18-15)22(19,20)17-3/h4-10,17H,1-3H3. The van der Waals surface area contributed by atoms with Crippen LogP contribution in [0.25, 0.3) is 0 Å². The minimum atomic E-state index is -3.52. The van der Waals surface area contributed by atoms with Crippen molar-refractivity contribution >= 4 is 26.0 Å². The Morgan fingerprint density at radius 3 is 2.36 bits per heavy atom. The molecule has 5 nitrogen and oxygen atoms in total. The first-order chi connectivity index (χ1) is 10.3. The van der Waals surface area contributed by atoms with Crippen LogP contribution >= 0.6 is 15.9 Å². The summed E-state index contributed by atoms with van der Waals surface area (Å²) in [6.07, 6.45) is 1.26. The summed E-state index contributed by atoms with van der Waals surface area (Å²) in [5.41, 5.74) is 1.22. The van der Waals surface area contributed by atoms with Crippen LogP contribution in [0.15, 0.2) is 45.9 Å². The van der Waals surface area contributed by atoms with E-state index in [9.17, 15) is 8.42 Å². The molecule has 0 aliphatic heterocycles. The molecule has 0 bridgehead atoms. The van der Waals surface area contributed by atoms with Crippen molar-refractivity contribution in [1.82, 2.24) is 9.71 Å². The van der Waals surface area contributed by atoms with E-state index in [1.54, 1.807) is 0 Å². The van der Waals surface area contributed by atoms with Crippen LogP contribution in [0.1, 0.15) is 25.3 Å². The van der Waals surface area contributed by atoms with Gasteiger partial charge < -0.3 is 4.74 Å². The zero-order valence-electron chi connectivity index (χ0n) is 12.5. The fourth-order valence-electron chi connectivity index (χ4n) is 1.78. The second-order valence-corrected chi connectivity index (χ2v) is 7.73. The molecule has 2 rings (SSSR count). The number of nitrogens with zero attached hydrogens (tertiary/aromatic N) is 1. The van der Waals surface area contributed by atoms with Crippen LogP contribution in [0.5, 0.6) is 11.6 Å². The van der Waals surface area contributed by atoms with E-state index in [2.05, 4.69) is 39.5 Å². The number of ether oxygens (including phenoxy) is 1. The molecule has 0 saturated heterocycles. The summed E-state index contributed by atoms with van der Waals surface area (Å²) in [6.45, 7) is 4.24. The fourth-order valence-corrected chi connectivity index (χ4v) is 3.06. The first-order valence-electron chi connectivity index (χ1n) is 6.70. The average Bonchev–Trinajstić information content (AvgIpc) is 2.49. The molecule has 7 heteroatoms. The minimum Gasteiger partial charge on any atom is -0.438 e. The van der Waals surface area contributed by atoms with Gasteiger partial charge in [0, 0.05) is 0 Å². The van der Waals surface area contributed by atoms with Gasteiger partial charge >= 0.3 is 0 Å². The first-order valence-corrected chi connectivity index (χ1v) is 8.98. The molecule has 1 heterocycles. The van der Waals surface area contributed by atoms with Crippen molar-refractivity contribution in [3.05, 3.63) is 46.6 Å². The average molecular weight is 385 g/mol. The lowest BCUT2D eigenvalue weighted by atomic mass is 10.0. The van der Waals surface area contributed by atoms with Crippen molar-refractivity contribution in [2.75, 3.05) is 7.05 Å². The Kier molecular flexibility index (Phi) is 5.20. The molecule has 0 unspecified atom stereocenters. The van der Waals surface area contributed by atoms with Gasteiger partial charge in [-0.2, -0.15) is 0 Å². The normalized spacial score (nSPS) is 11.7. The predicted octanol–water partition coefficient (Wildman–Crippen LogP) is 3.67. The van der Waals surface area contributed by atoms with E-state index in [1.165, 1.54) is 24.9 Å². The van der Waals surface area contributed by atoms with Crippen molar-refractivity contribution in [1.29, 1.82) is 0 Å². The van der Waals surface area contributed by atoms with E-state index in [4.69, 9.17) is 4.74 Å². The highest BCUT2D eigenvalue weighted by Gasteiger charge is 2.15. The summed E-state index contributed by atoms with van der Waals surface area (Å²) in [4.78, 5) is 4.13. The molecule has 0 atom stereocenters. The van der Waals surface area contributed by atoms with E-state index in [0.29, 0.717) is 22.0 Å². The predicted molar refractivity (Wildman–Crippen MR) is 88.8 cm³/mol. The lowest BCUT2D eigenvalue weighted by molar-refractivity contribution is 0.458. The van der Waals surface area contributed by atoms with Gasteiger partial charge in [-0.15, -0.1) is 0 Å². The van der Waals surface area contributed by atoms with Crippen LogP contribution in [-0.4, -0.2) is 20.4 Å². The molecule has 118 valence electrons. The van der Waals surface area contributed by atoms with Crippen LogP contribution < -0.4 is 9.46 Å². The largest absolute Gasteiger partial charge is 0.438 e. The third kappa shape index (κ3) is 3.85. The van der Waals surface area contributed by atoms with Crippen molar-refractivity contribution in [2.24, 2.45) is 0 Å². The summed E-state index contributed by atoms with van der Waals surface area (Å²) in [5, 5.41) is 0. The maximum Gasteiger partial charge on any atom is 0.241 e. The molecule has 1 aromatic heterocycles. The van der Waals surface area contributed by atoms with Gasteiger partial charge in [-0.1, -0.05) is 26.0 Å². The van der Waals surface area contributed by atoms with Crippen LogP contribution in [0.4, 0.5) is 0 Å². The van der Waals surface area contributed by atoms with Crippen LogP contribution in [0.2, 0.25) is 0 Å². The number of benzene rings is 1. The number of aromatic nitrogens is 1. The molecular weight excluding hydrogens is 368 g/mol. The zero-order valence-corrected chi connectivity index (χ0v) is 14.9. The Morgan fingerprint density at radius 1 is 1.23 bits per heavy atom. The van der Waals surface area contributed by atoms with E-state index >= 15 is 0 Å². The number of halogens is 1. The molecular formula is C15H17BrN2O3S. The molecule has 0 aliphatic rings. The van der Waals surface area contributed by atoms with Gasteiger partial charge in [0.25, 0.3) is 0 Å².